The molecule has 0 aliphatic carbocycles. The summed E-state index contributed by atoms with van der Waals surface area (Å²) in [5.41, 5.74) is 1.32. The number of carbonyl (C=O) groups is 1. The van der Waals surface area contributed by atoms with Crippen LogP contribution in [0.4, 0.5) is 0 Å². The van der Waals surface area contributed by atoms with Crippen LogP contribution < -0.4 is 15.6 Å². The number of halogens is 1. The Morgan fingerprint density at radius 1 is 1.18 bits per heavy atom. The standard InChI is InChI=1S/C21H20ClN3O3/c1-15(28-19-10-6-5-9-17(19)22)21(27)23-11-12-25-14-24-18(13-20(25)26)16-7-3-2-4-8-16/h2-10,13-15H,11-12H2,1H3,(H,23,27)/t15-/m0/s1. The Morgan fingerprint density at radius 2 is 1.89 bits per heavy atom. The van der Waals surface area contributed by atoms with Crippen molar-refractivity contribution in [2.75, 3.05) is 6.54 Å². The molecule has 0 aliphatic rings. The molecule has 0 aliphatic heterocycles. The van der Waals surface area contributed by atoms with Crippen molar-refractivity contribution in [3.8, 4) is 17.0 Å². The fourth-order valence-corrected chi connectivity index (χ4v) is 2.77. The number of ether oxygens (including phenoxy) is 1. The van der Waals surface area contributed by atoms with Crippen molar-refractivity contribution in [1.82, 2.24) is 14.9 Å². The summed E-state index contributed by atoms with van der Waals surface area (Å²) in [5.74, 6) is 0.158. The molecule has 0 saturated heterocycles. The van der Waals surface area contributed by atoms with Gasteiger partial charge in [0.15, 0.2) is 6.10 Å². The van der Waals surface area contributed by atoms with E-state index in [4.69, 9.17) is 16.3 Å². The SMILES string of the molecule is C[C@H](Oc1ccccc1Cl)C(=O)NCCn1cnc(-c2ccccc2)cc1=O. The number of hydrogen-bond donors (Lipinski definition) is 1. The van der Waals surface area contributed by atoms with Crippen LogP contribution in [0.2, 0.25) is 5.02 Å². The molecule has 28 heavy (non-hydrogen) atoms. The maximum atomic E-state index is 12.3. The van der Waals surface area contributed by atoms with Crippen LogP contribution in [0, 0.1) is 0 Å². The molecule has 144 valence electrons. The molecule has 0 unspecified atom stereocenters. The summed E-state index contributed by atoms with van der Waals surface area (Å²) >= 11 is 6.03. The van der Waals surface area contributed by atoms with Gasteiger partial charge in [-0.05, 0) is 19.1 Å². The Kier molecular flexibility index (Phi) is 6.45. The normalized spacial score (nSPS) is 11.6. The molecule has 1 amide bonds. The Balaban J connectivity index is 1.54. The highest BCUT2D eigenvalue weighted by molar-refractivity contribution is 6.32. The lowest BCUT2D eigenvalue weighted by Gasteiger charge is -2.15. The zero-order valence-electron chi connectivity index (χ0n) is 15.3. The van der Waals surface area contributed by atoms with Crippen LogP contribution in [0.5, 0.6) is 5.75 Å². The third-order valence-electron chi connectivity index (χ3n) is 4.11. The third-order valence-corrected chi connectivity index (χ3v) is 4.42. The van der Waals surface area contributed by atoms with Gasteiger partial charge in [0.2, 0.25) is 0 Å². The van der Waals surface area contributed by atoms with E-state index in [1.165, 1.54) is 17.0 Å². The fourth-order valence-electron chi connectivity index (χ4n) is 2.59. The first kappa shape index (κ1) is 19.6. The Bertz CT molecular complexity index is 1010. The lowest BCUT2D eigenvalue weighted by Crippen LogP contribution is -2.38. The van der Waals surface area contributed by atoms with E-state index >= 15 is 0 Å². The van der Waals surface area contributed by atoms with Gasteiger partial charge < -0.3 is 10.1 Å². The molecule has 0 spiro atoms. The van der Waals surface area contributed by atoms with Crippen molar-refractivity contribution >= 4 is 17.5 Å². The predicted molar refractivity (Wildman–Crippen MR) is 108 cm³/mol. The van der Waals surface area contributed by atoms with Gasteiger partial charge in [0.05, 0.1) is 17.0 Å². The minimum Gasteiger partial charge on any atom is -0.479 e. The number of hydrogen-bond acceptors (Lipinski definition) is 4. The van der Waals surface area contributed by atoms with Crippen molar-refractivity contribution in [3.05, 3.63) is 82.4 Å². The number of aromatic nitrogens is 2. The number of carbonyl (C=O) groups excluding carboxylic acids is 1. The molecule has 1 aromatic heterocycles. The van der Waals surface area contributed by atoms with Crippen molar-refractivity contribution < 1.29 is 9.53 Å². The quantitative estimate of drug-likeness (QED) is 0.664. The van der Waals surface area contributed by atoms with Crippen LogP contribution in [0.25, 0.3) is 11.3 Å². The summed E-state index contributed by atoms with van der Waals surface area (Å²) in [6.07, 6.45) is 0.774. The van der Waals surface area contributed by atoms with Gasteiger partial charge in [-0.2, -0.15) is 0 Å². The van der Waals surface area contributed by atoms with Gasteiger partial charge in [0.1, 0.15) is 5.75 Å². The summed E-state index contributed by atoms with van der Waals surface area (Å²) in [6, 6.07) is 17.9. The smallest absolute Gasteiger partial charge is 0.260 e. The number of benzene rings is 2. The number of nitrogens with one attached hydrogen (secondary N) is 1. The summed E-state index contributed by atoms with van der Waals surface area (Å²) < 4.78 is 7.02. The minimum atomic E-state index is -0.713. The minimum absolute atomic E-state index is 0.177. The fraction of sp³-hybridized carbons (Fsp3) is 0.190. The average Bonchev–Trinajstić information content (AvgIpc) is 2.71. The maximum Gasteiger partial charge on any atom is 0.260 e. The molecule has 1 heterocycles. The van der Waals surface area contributed by atoms with Gasteiger partial charge in [-0.3, -0.25) is 14.2 Å². The van der Waals surface area contributed by atoms with Crippen molar-refractivity contribution in [2.24, 2.45) is 0 Å². The summed E-state index contributed by atoms with van der Waals surface area (Å²) in [7, 11) is 0. The number of amides is 1. The highest BCUT2D eigenvalue weighted by atomic mass is 35.5. The molecule has 3 rings (SSSR count). The van der Waals surface area contributed by atoms with E-state index in [-0.39, 0.29) is 18.0 Å². The van der Waals surface area contributed by atoms with Gasteiger partial charge in [-0.15, -0.1) is 0 Å². The third kappa shape index (κ3) is 4.98. The molecule has 1 N–H and O–H groups in total. The highest BCUT2D eigenvalue weighted by Crippen LogP contribution is 2.24. The predicted octanol–water partition coefficient (Wildman–Crippen LogP) is 3.15. The van der Waals surface area contributed by atoms with Gasteiger partial charge in [0, 0.05) is 24.7 Å². The molecule has 7 heteroatoms. The maximum absolute atomic E-state index is 12.3. The number of rotatable bonds is 7. The lowest BCUT2D eigenvalue weighted by atomic mass is 10.1. The molecule has 2 aromatic carbocycles. The average molecular weight is 398 g/mol. The molecule has 1 atom stereocenters. The monoisotopic (exact) mass is 397 g/mol. The van der Waals surface area contributed by atoms with Gasteiger partial charge in [-0.1, -0.05) is 54.1 Å². The van der Waals surface area contributed by atoms with E-state index in [9.17, 15) is 9.59 Å². The highest BCUT2D eigenvalue weighted by Gasteiger charge is 2.15. The molecule has 0 radical (unpaired) electrons. The lowest BCUT2D eigenvalue weighted by molar-refractivity contribution is -0.127. The largest absolute Gasteiger partial charge is 0.479 e. The van der Waals surface area contributed by atoms with E-state index < -0.39 is 6.10 Å². The first-order valence-electron chi connectivity index (χ1n) is 8.85. The Labute approximate surface area is 167 Å². The second-order valence-corrected chi connectivity index (χ2v) is 6.56. The summed E-state index contributed by atoms with van der Waals surface area (Å²) in [6.45, 7) is 2.23. The van der Waals surface area contributed by atoms with Crippen LogP contribution in [0.1, 0.15) is 6.92 Å². The second-order valence-electron chi connectivity index (χ2n) is 6.15. The Morgan fingerprint density at radius 3 is 2.61 bits per heavy atom. The van der Waals surface area contributed by atoms with Crippen molar-refractivity contribution in [1.29, 1.82) is 0 Å². The molecule has 0 bridgehead atoms. The van der Waals surface area contributed by atoms with Crippen molar-refractivity contribution in [2.45, 2.75) is 19.6 Å². The Hall–Kier alpha value is -3.12. The van der Waals surface area contributed by atoms with Crippen LogP contribution in [0.15, 0.2) is 71.8 Å². The summed E-state index contributed by atoms with van der Waals surface area (Å²) in [5, 5.41) is 3.19. The zero-order chi connectivity index (χ0) is 19.9. The molecular formula is C21H20ClN3O3. The van der Waals surface area contributed by atoms with Crippen LogP contribution >= 0.6 is 11.6 Å². The van der Waals surface area contributed by atoms with Crippen molar-refractivity contribution in [3.63, 3.8) is 0 Å². The van der Waals surface area contributed by atoms with E-state index in [0.717, 1.165) is 5.56 Å². The van der Waals surface area contributed by atoms with Gasteiger partial charge in [-0.25, -0.2) is 4.98 Å². The molecule has 0 fully saturated rings. The molecular weight excluding hydrogens is 378 g/mol. The second kappa shape index (κ2) is 9.19. The van der Waals surface area contributed by atoms with Crippen LogP contribution in [0.3, 0.4) is 0 Å². The topological polar surface area (TPSA) is 73.2 Å². The molecule has 3 aromatic rings. The number of para-hydroxylation sites is 1. The van der Waals surface area contributed by atoms with Crippen LogP contribution in [-0.4, -0.2) is 28.1 Å². The van der Waals surface area contributed by atoms with Gasteiger partial charge >= 0.3 is 0 Å². The van der Waals surface area contributed by atoms with Gasteiger partial charge in [0.25, 0.3) is 11.5 Å². The van der Waals surface area contributed by atoms with E-state index in [1.54, 1.807) is 31.2 Å². The van der Waals surface area contributed by atoms with E-state index in [1.807, 2.05) is 30.3 Å². The van der Waals surface area contributed by atoms with E-state index in [2.05, 4.69) is 10.3 Å². The molecule has 6 nitrogen and oxygen atoms in total. The summed E-state index contributed by atoms with van der Waals surface area (Å²) in [4.78, 5) is 28.8. The van der Waals surface area contributed by atoms with Crippen LogP contribution in [-0.2, 0) is 11.3 Å². The number of nitrogens with zero attached hydrogens (tertiary/aromatic N) is 2. The first-order valence-corrected chi connectivity index (χ1v) is 9.23. The van der Waals surface area contributed by atoms with E-state index in [0.29, 0.717) is 23.0 Å². The zero-order valence-corrected chi connectivity index (χ0v) is 16.1. The molecule has 0 saturated carbocycles. The first-order chi connectivity index (χ1) is 13.5.